The molecule has 0 amide bonds. The van der Waals surface area contributed by atoms with Crippen molar-refractivity contribution >= 4 is 17.9 Å². The van der Waals surface area contributed by atoms with E-state index in [-0.39, 0.29) is 0 Å². The molecule has 3 rings (SSSR count). The normalized spacial score (nSPS) is 14.9. The van der Waals surface area contributed by atoms with Gasteiger partial charge in [0.15, 0.2) is 5.65 Å². The standard InChI is InChI=1S/C12H15N3S/c1-7(2)10-6-11-13-9-5-3-4-8(9)12(16)15(11)14-10/h6-7,14H,3-5H2,1-2H3. The highest BCUT2D eigenvalue weighted by Gasteiger charge is 2.17. The van der Waals surface area contributed by atoms with Gasteiger partial charge in [0.1, 0.15) is 4.64 Å². The van der Waals surface area contributed by atoms with Gasteiger partial charge in [-0.2, -0.15) is 0 Å². The predicted octanol–water partition coefficient (Wildman–Crippen LogP) is 3.00. The average molecular weight is 233 g/mol. The largest absolute Gasteiger partial charge is 0.295 e. The molecule has 2 aromatic heterocycles. The molecule has 0 aromatic carbocycles. The van der Waals surface area contributed by atoms with Gasteiger partial charge in [-0.3, -0.25) is 5.10 Å². The number of aromatic nitrogens is 3. The van der Waals surface area contributed by atoms with Gasteiger partial charge in [-0.25, -0.2) is 9.50 Å². The molecule has 0 unspecified atom stereocenters. The maximum absolute atomic E-state index is 5.51. The molecule has 0 saturated carbocycles. The monoisotopic (exact) mass is 233 g/mol. The Balaban J connectivity index is 2.33. The first kappa shape index (κ1) is 10.0. The summed E-state index contributed by atoms with van der Waals surface area (Å²) in [6, 6.07) is 2.11. The molecular weight excluding hydrogens is 218 g/mol. The predicted molar refractivity (Wildman–Crippen MR) is 66.5 cm³/mol. The van der Waals surface area contributed by atoms with E-state index in [1.165, 1.54) is 23.4 Å². The van der Waals surface area contributed by atoms with E-state index in [0.717, 1.165) is 23.1 Å². The van der Waals surface area contributed by atoms with Gasteiger partial charge in [0.05, 0.1) is 0 Å². The van der Waals surface area contributed by atoms with Crippen LogP contribution < -0.4 is 0 Å². The first-order valence-electron chi connectivity index (χ1n) is 5.80. The Labute approximate surface area is 99.5 Å². The quantitative estimate of drug-likeness (QED) is 0.768. The van der Waals surface area contributed by atoms with Gasteiger partial charge in [-0.15, -0.1) is 0 Å². The molecule has 4 heteroatoms. The Kier molecular flexibility index (Phi) is 2.14. The van der Waals surface area contributed by atoms with E-state index in [2.05, 4.69) is 30.0 Å². The van der Waals surface area contributed by atoms with Crippen LogP contribution in [0.2, 0.25) is 0 Å². The molecule has 0 fully saturated rings. The van der Waals surface area contributed by atoms with Gasteiger partial charge in [-0.05, 0) is 25.2 Å². The Morgan fingerprint density at radius 1 is 1.44 bits per heavy atom. The minimum atomic E-state index is 0.478. The number of nitrogens with one attached hydrogen (secondary N) is 1. The van der Waals surface area contributed by atoms with Crippen molar-refractivity contribution in [3.63, 3.8) is 0 Å². The molecule has 0 atom stereocenters. The van der Waals surface area contributed by atoms with Crippen LogP contribution in [-0.4, -0.2) is 14.6 Å². The minimum absolute atomic E-state index is 0.478. The van der Waals surface area contributed by atoms with Crippen molar-refractivity contribution < 1.29 is 0 Å². The SMILES string of the molecule is CC(C)c1cc2nc3c(c(=S)n2[nH]1)CCC3. The van der Waals surface area contributed by atoms with Crippen molar-refractivity contribution in [3.8, 4) is 0 Å². The number of rotatable bonds is 1. The smallest absolute Gasteiger partial charge is 0.154 e. The molecule has 1 aliphatic carbocycles. The lowest BCUT2D eigenvalue weighted by atomic mass is 10.1. The van der Waals surface area contributed by atoms with Crippen molar-refractivity contribution in [3.05, 3.63) is 27.7 Å². The van der Waals surface area contributed by atoms with Crippen LogP contribution in [0.4, 0.5) is 0 Å². The summed E-state index contributed by atoms with van der Waals surface area (Å²) in [5, 5.41) is 3.34. The molecule has 0 saturated heterocycles. The third kappa shape index (κ3) is 1.33. The summed E-state index contributed by atoms with van der Waals surface area (Å²) in [5.41, 5.74) is 4.64. The molecule has 3 nitrogen and oxygen atoms in total. The van der Waals surface area contributed by atoms with Crippen LogP contribution in [0.5, 0.6) is 0 Å². The molecule has 1 N–H and O–H groups in total. The maximum atomic E-state index is 5.51. The molecule has 1 aliphatic rings. The Hall–Kier alpha value is -1.16. The Morgan fingerprint density at radius 3 is 3.00 bits per heavy atom. The summed E-state index contributed by atoms with van der Waals surface area (Å²) in [7, 11) is 0. The minimum Gasteiger partial charge on any atom is -0.295 e. The van der Waals surface area contributed by atoms with Gasteiger partial charge < -0.3 is 0 Å². The van der Waals surface area contributed by atoms with Gasteiger partial charge in [-0.1, -0.05) is 26.1 Å². The second kappa shape index (κ2) is 3.42. The third-order valence-electron chi connectivity index (χ3n) is 3.28. The molecule has 16 heavy (non-hydrogen) atoms. The van der Waals surface area contributed by atoms with Crippen molar-refractivity contribution in [2.45, 2.75) is 39.0 Å². The first-order chi connectivity index (χ1) is 7.66. The number of H-pyrrole nitrogens is 1. The zero-order chi connectivity index (χ0) is 11.3. The summed E-state index contributed by atoms with van der Waals surface area (Å²) in [6.45, 7) is 4.34. The summed E-state index contributed by atoms with van der Waals surface area (Å²) in [6.07, 6.45) is 3.36. The number of hydrogen-bond donors (Lipinski definition) is 1. The van der Waals surface area contributed by atoms with E-state index in [0.29, 0.717) is 5.92 Å². The van der Waals surface area contributed by atoms with Crippen molar-refractivity contribution in [1.82, 2.24) is 14.6 Å². The van der Waals surface area contributed by atoms with E-state index in [1.807, 2.05) is 4.52 Å². The molecule has 2 heterocycles. The van der Waals surface area contributed by atoms with Crippen molar-refractivity contribution in [2.75, 3.05) is 0 Å². The highest BCUT2D eigenvalue weighted by molar-refractivity contribution is 7.71. The molecule has 2 aromatic rings. The lowest BCUT2D eigenvalue weighted by molar-refractivity contribution is 0.779. The molecular formula is C12H15N3S. The summed E-state index contributed by atoms with van der Waals surface area (Å²) < 4.78 is 2.87. The van der Waals surface area contributed by atoms with Gasteiger partial charge in [0, 0.05) is 23.0 Å². The van der Waals surface area contributed by atoms with Crippen LogP contribution in [0.3, 0.4) is 0 Å². The number of nitrogens with zero attached hydrogens (tertiary/aromatic N) is 2. The number of fused-ring (bicyclic) bond motifs is 2. The fraction of sp³-hybridized carbons (Fsp3) is 0.500. The van der Waals surface area contributed by atoms with Crippen LogP contribution in [0.1, 0.15) is 43.1 Å². The Morgan fingerprint density at radius 2 is 2.25 bits per heavy atom. The summed E-state index contributed by atoms with van der Waals surface area (Å²) in [4.78, 5) is 4.68. The molecule has 0 radical (unpaired) electrons. The van der Waals surface area contributed by atoms with Gasteiger partial charge in [0.2, 0.25) is 0 Å². The molecule has 0 spiro atoms. The van der Waals surface area contributed by atoms with Gasteiger partial charge in [0.25, 0.3) is 0 Å². The second-order valence-electron chi connectivity index (χ2n) is 4.76. The maximum Gasteiger partial charge on any atom is 0.154 e. The summed E-state index contributed by atoms with van der Waals surface area (Å²) in [5.74, 6) is 0.478. The van der Waals surface area contributed by atoms with E-state index < -0.39 is 0 Å². The number of aryl methyl sites for hydroxylation is 1. The van der Waals surface area contributed by atoms with E-state index in [9.17, 15) is 0 Å². The molecule has 84 valence electrons. The number of aromatic amines is 1. The fourth-order valence-electron chi connectivity index (χ4n) is 2.31. The van der Waals surface area contributed by atoms with E-state index >= 15 is 0 Å². The third-order valence-corrected chi connectivity index (χ3v) is 3.71. The first-order valence-corrected chi connectivity index (χ1v) is 6.21. The summed E-state index contributed by atoms with van der Waals surface area (Å²) >= 11 is 5.51. The second-order valence-corrected chi connectivity index (χ2v) is 5.14. The van der Waals surface area contributed by atoms with E-state index in [4.69, 9.17) is 12.2 Å². The topological polar surface area (TPSA) is 33.1 Å². The average Bonchev–Trinajstić information content (AvgIpc) is 2.83. The van der Waals surface area contributed by atoms with Crippen LogP contribution in [0.15, 0.2) is 6.07 Å². The molecule has 0 aliphatic heterocycles. The lowest BCUT2D eigenvalue weighted by Gasteiger charge is -2.01. The van der Waals surface area contributed by atoms with Gasteiger partial charge >= 0.3 is 0 Å². The van der Waals surface area contributed by atoms with Crippen LogP contribution in [-0.2, 0) is 12.8 Å². The fourth-order valence-corrected chi connectivity index (χ4v) is 2.67. The van der Waals surface area contributed by atoms with Crippen molar-refractivity contribution in [1.29, 1.82) is 0 Å². The van der Waals surface area contributed by atoms with Crippen LogP contribution in [0, 0.1) is 4.64 Å². The molecule has 0 bridgehead atoms. The van der Waals surface area contributed by atoms with E-state index in [1.54, 1.807) is 0 Å². The highest BCUT2D eigenvalue weighted by Crippen LogP contribution is 2.23. The lowest BCUT2D eigenvalue weighted by Crippen LogP contribution is -1.99. The van der Waals surface area contributed by atoms with Crippen LogP contribution >= 0.6 is 12.2 Å². The van der Waals surface area contributed by atoms with Crippen LogP contribution in [0.25, 0.3) is 5.65 Å². The number of hydrogen-bond acceptors (Lipinski definition) is 2. The zero-order valence-electron chi connectivity index (χ0n) is 9.58. The van der Waals surface area contributed by atoms with Crippen molar-refractivity contribution in [2.24, 2.45) is 0 Å². The Bertz CT molecular complexity index is 606. The zero-order valence-corrected chi connectivity index (χ0v) is 10.4. The highest BCUT2D eigenvalue weighted by atomic mass is 32.1.